The molecule has 0 amide bonds. The maximum Gasteiger partial charge on any atom is 0.229 e. The first-order valence-corrected chi connectivity index (χ1v) is 5.89. The van der Waals surface area contributed by atoms with Gasteiger partial charge in [-0.3, -0.25) is 4.72 Å². The molecule has 78 valence electrons. The predicted octanol–water partition coefficient (Wildman–Crippen LogP) is 0.519. The van der Waals surface area contributed by atoms with Crippen molar-refractivity contribution in [2.45, 2.75) is 0 Å². The third-order valence-electron chi connectivity index (χ3n) is 1.51. The van der Waals surface area contributed by atoms with E-state index in [2.05, 4.69) is 9.71 Å². The standard InChI is InChI=1S/C8H13N3O2S/c1-11(2)8-7(5-4-6-9-8)10-14(3,12)13/h4-6,10H,1-3H3. The minimum atomic E-state index is -3.25. The summed E-state index contributed by atoms with van der Waals surface area (Å²) >= 11 is 0. The van der Waals surface area contributed by atoms with Crippen LogP contribution in [0.3, 0.4) is 0 Å². The summed E-state index contributed by atoms with van der Waals surface area (Å²) in [6, 6.07) is 3.35. The van der Waals surface area contributed by atoms with Crippen molar-refractivity contribution in [3.8, 4) is 0 Å². The second kappa shape index (κ2) is 3.83. The number of pyridine rings is 1. The van der Waals surface area contributed by atoms with Crippen LogP contribution >= 0.6 is 0 Å². The Balaban J connectivity index is 3.08. The van der Waals surface area contributed by atoms with Crippen LogP contribution in [0, 0.1) is 0 Å². The van der Waals surface area contributed by atoms with Gasteiger partial charge >= 0.3 is 0 Å². The van der Waals surface area contributed by atoms with E-state index in [0.29, 0.717) is 11.5 Å². The van der Waals surface area contributed by atoms with E-state index in [1.54, 1.807) is 37.3 Å². The third-order valence-corrected chi connectivity index (χ3v) is 2.10. The second-order valence-electron chi connectivity index (χ2n) is 3.14. The summed E-state index contributed by atoms with van der Waals surface area (Å²) in [6.45, 7) is 0. The molecule has 0 unspecified atom stereocenters. The molecular formula is C8H13N3O2S. The number of nitrogens with zero attached hydrogens (tertiary/aromatic N) is 2. The number of hydrogen-bond donors (Lipinski definition) is 1. The Hall–Kier alpha value is -1.30. The maximum atomic E-state index is 11.0. The highest BCUT2D eigenvalue weighted by Gasteiger charge is 2.08. The van der Waals surface area contributed by atoms with E-state index in [1.807, 2.05) is 0 Å². The van der Waals surface area contributed by atoms with Gasteiger partial charge in [-0.1, -0.05) is 0 Å². The SMILES string of the molecule is CN(C)c1ncccc1NS(C)(=O)=O. The van der Waals surface area contributed by atoms with Crippen LogP contribution in [-0.4, -0.2) is 33.8 Å². The Kier molecular flexibility index (Phi) is 2.95. The minimum absolute atomic E-state index is 0.486. The fourth-order valence-electron chi connectivity index (χ4n) is 1.03. The van der Waals surface area contributed by atoms with Crippen molar-refractivity contribution in [3.05, 3.63) is 18.3 Å². The van der Waals surface area contributed by atoms with Gasteiger partial charge in [-0.25, -0.2) is 13.4 Å². The molecule has 0 radical (unpaired) electrons. The van der Waals surface area contributed by atoms with Crippen molar-refractivity contribution < 1.29 is 8.42 Å². The first kappa shape index (κ1) is 10.8. The van der Waals surface area contributed by atoms with Crippen molar-refractivity contribution in [1.29, 1.82) is 0 Å². The Labute approximate surface area is 83.8 Å². The van der Waals surface area contributed by atoms with Gasteiger partial charge in [0.05, 0.1) is 11.9 Å². The number of sulfonamides is 1. The van der Waals surface area contributed by atoms with E-state index in [9.17, 15) is 8.42 Å². The lowest BCUT2D eigenvalue weighted by Crippen LogP contribution is -2.16. The van der Waals surface area contributed by atoms with E-state index in [1.165, 1.54) is 0 Å². The van der Waals surface area contributed by atoms with E-state index in [0.717, 1.165) is 6.26 Å². The van der Waals surface area contributed by atoms with Gasteiger partial charge in [0.2, 0.25) is 10.0 Å². The number of rotatable bonds is 3. The zero-order chi connectivity index (χ0) is 10.8. The average Bonchev–Trinajstić information content (AvgIpc) is 2.01. The van der Waals surface area contributed by atoms with Crippen molar-refractivity contribution in [3.63, 3.8) is 0 Å². The van der Waals surface area contributed by atoms with Crippen molar-refractivity contribution >= 4 is 21.5 Å². The van der Waals surface area contributed by atoms with E-state index >= 15 is 0 Å². The molecule has 0 aromatic carbocycles. The Bertz CT molecular complexity index is 414. The fraction of sp³-hybridized carbons (Fsp3) is 0.375. The van der Waals surface area contributed by atoms with E-state index in [4.69, 9.17) is 0 Å². The lowest BCUT2D eigenvalue weighted by Gasteiger charge is -2.15. The number of aromatic nitrogens is 1. The van der Waals surface area contributed by atoms with Gasteiger partial charge in [0, 0.05) is 20.3 Å². The van der Waals surface area contributed by atoms with Crippen LogP contribution in [-0.2, 0) is 10.0 Å². The Morgan fingerprint density at radius 3 is 2.57 bits per heavy atom. The first-order valence-electron chi connectivity index (χ1n) is 4.00. The van der Waals surface area contributed by atoms with E-state index < -0.39 is 10.0 Å². The molecule has 14 heavy (non-hydrogen) atoms. The van der Waals surface area contributed by atoms with E-state index in [-0.39, 0.29) is 0 Å². The molecule has 1 aromatic heterocycles. The molecule has 0 atom stereocenters. The Morgan fingerprint density at radius 1 is 1.43 bits per heavy atom. The topological polar surface area (TPSA) is 62.3 Å². The number of hydrogen-bond acceptors (Lipinski definition) is 4. The molecule has 1 N–H and O–H groups in total. The highest BCUT2D eigenvalue weighted by atomic mass is 32.2. The molecular weight excluding hydrogens is 202 g/mol. The summed E-state index contributed by atoms with van der Waals surface area (Å²) < 4.78 is 24.4. The quantitative estimate of drug-likeness (QED) is 0.798. The summed E-state index contributed by atoms with van der Waals surface area (Å²) in [4.78, 5) is 5.80. The van der Waals surface area contributed by atoms with Gasteiger partial charge in [0.25, 0.3) is 0 Å². The molecule has 6 heteroatoms. The summed E-state index contributed by atoms with van der Waals surface area (Å²) in [6.07, 6.45) is 2.72. The maximum absolute atomic E-state index is 11.0. The number of anilines is 2. The molecule has 0 aliphatic rings. The van der Waals surface area contributed by atoms with Crippen LogP contribution in [0.4, 0.5) is 11.5 Å². The molecule has 0 spiro atoms. The van der Waals surface area contributed by atoms with Crippen LogP contribution in [0.15, 0.2) is 18.3 Å². The lowest BCUT2D eigenvalue weighted by atomic mass is 10.4. The van der Waals surface area contributed by atoms with Gasteiger partial charge in [-0.2, -0.15) is 0 Å². The molecule has 0 fully saturated rings. The summed E-state index contributed by atoms with van der Waals surface area (Å²) in [7, 11) is 0.353. The van der Waals surface area contributed by atoms with Crippen molar-refractivity contribution in [2.24, 2.45) is 0 Å². The largest absolute Gasteiger partial charge is 0.361 e. The summed E-state index contributed by atoms with van der Waals surface area (Å²) in [5.41, 5.74) is 0.486. The van der Waals surface area contributed by atoms with Crippen LogP contribution in [0.5, 0.6) is 0 Å². The first-order chi connectivity index (χ1) is 6.40. The summed E-state index contributed by atoms with van der Waals surface area (Å²) in [5.74, 6) is 0.595. The molecule has 0 aliphatic heterocycles. The molecule has 1 heterocycles. The van der Waals surface area contributed by atoms with Crippen molar-refractivity contribution in [2.75, 3.05) is 30.0 Å². The fourth-order valence-corrected chi connectivity index (χ4v) is 1.59. The highest BCUT2D eigenvalue weighted by molar-refractivity contribution is 7.92. The molecule has 0 bridgehead atoms. The molecule has 1 aromatic rings. The molecule has 0 saturated carbocycles. The lowest BCUT2D eigenvalue weighted by molar-refractivity contribution is 0.607. The highest BCUT2D eigenvalue weighted by Crippen LogP contribution is 2.20. The normalized spacial score (nSPS) is 11.1. The molecule has 5 nitrogen and oxygen atoms in total. The zero-order valence-electron chi connectivity index (χ0n) is 8.35. The minimum Gasteiger partial charge on any atom is -0.361 e. The average molecular weight is 215 g/mol. The third kappa shape index (κ3) is 2.88. The van der Waals surface area contributed by atoms with Gasteiger partial charge in [0.15, 0.2) is 5.82 Å². The van der Waals surface area contributed by atoms with Crippen LogP contribution in [0.25, 0.3) is 0 Å². The predicted molar refractivity (Wildman–Crippen MR) is 57.0 cm³/mol. The van der Waals surface area contributed by atoms with Gasteiger partial charge in [0.1, 0.15) is 0 Å². The summed E-state index contributed by atoms with van der Waals surface area (Å²) in [5, 5.41) is 0. The monoisotopic (exact) mass is 215 g/mol. The molecule has 0 saturated heterocycles. The van der Waals surface area contributed by atoms with Gasteiger partial charge in [-0.05, 0) is 12.1 Å². The van der Waals surface area contributed by atoms with Gasteiger partial charge < -0.3 is 4.90 Å². The smallest absolute Gasteiger partial charge is 0.229 e. The van der Waals surface area contributed by atoms with Crippen LogP contribution in [0.1, 0.15) is 0 Å². The van der Waals surface area contributed by atoms with Crippen LogP contribution in [0.2, 0.25) is 0 Å². The zero-order valence-corrected chi connectivity index (χ0v) is 9.17. The Morgan fingerprint density at radius 2 is 2.07 bits per heavy atom. The molecule has 0 aliphatic carbocycles. The second-order valence-corrected chi connectivity index (χ2v) is 4.89. The number of nitrogens with one attached hydrogen (secondary N) is 1. The van der Waals surface area contributed by atoms with Crippen molar-refractivity contribution in [1.82, 2.24) is 4.98 Å². The molecule has 1 rings (SSSR count). The van der Waals surface area contributed by atoms with Crippen LogP contribution < -0.4 is 9.62 Å². The van der Waals surface area contributed by atoms with Gasteiger partial charge in [-0.15, -0.1) is 0 Å².